The molecule has 0 aliphatic carbocycles. The third-order valence-electron chi connectivity index (χ3n) is 7.90. The molecule has 6 rings (SSSR count). The van der Waals surface area contributed by atoms with Crippen LogP contribution in [0.15, 0.2) is 115 Å². The Balaban J connectivity index is 1.44. The van der Waals surface area contributed by atoms with Crippen LogP contribution in [-0.4, -0.2) is 43.8 Å². The fourth-order valence-electron chi connectivity index (χ4n) is 5.21. The summed E-state index contributed by atoms with van der Waals surface area (Å²) in [6, 6.07) is 29.6. The van der Waals surface area contributed by atoms with Gasteiger partial charge in [-0.2, -0.15) is 0 Å². The molecule has 2 aliphatic rings. The molecule has 4 amide bonds. The molecular formula is C40H40N4O6. The van der Waals surface area contributed by atoms with Gasteiger partial charge in [0.1, 0.15) is 17.1 Å². The maximum Gasteiger partial charge on any atom is 0.267 e. The van der Waals surface area contributed by atoms with Gasteiger partial charge in [0, 0.05) is 24.2 Å². The third kappa shape index (κ3) is 10.2. The molecule has 50 heavy (non-hydrogen) atoms. The van der Waals surface area contributed by atoms with Crippen molar-refractivity contribution < 1.29 is 28.7 Å². The van der Waals surface area contributed by atoms with Gasteiger partial charge < -0.3 is 30.7 Å². The van der Waals surface area contributed by atoms with E-state index < -0.39 is 11.8 Å². The van der Waals surface area contributed by atoms with Gasteiger partial charge in [-0.1, -0.05) is 73.9 Å². The van der Waals surface area contributed by atoms with Crippen molar-refractivity contribution >= 4 is 35.8 Å². The van der Waals surface area contributed by atoms with E-state index >= 15 is 0 Å². The highest BCUT2D eigenvalue weighted by atomic mass is 16.5. The smallest absolute Gasteiger partial charge is 0.267 e. The zero-order valence-corrected chi connectivity index (χ0v) is 27.9. The molecule has 256 valence electrons. The zero-order chi connectivity index (χ0) is 35.1. The van der Waals surface area contributed by atoms with E-state index in [1.807, 2.05) is 12.1 Å². The summed E-state index contributed by atoms with van der Waals surface area (Å²) >= 11 is 0. The first-order chi connectivity index (χ1) is 24.4. The van der Waals surface area contributed by atoms with Crippen LogP contribution >= 0.6 is 0 Å². The Morgan fingerprint density at radius 3 is 1.62 bits per heavy atom. The molecule has 2 heterocycles. The Kier molecular flexibility index (Phi) is 12.5. The summed E-state index contributed by atoms with van der Waals surface area (Å²) in [5.41, 5.74) is 2.35. The van der Waals surface area contributed by atoms with Crippen molar-refractivity contribution in [2.75, 3.05) is 20.2 Å². The standard InChI is InChI=1S/C40H40N4O6/c1-49-35-22-19-29-26-34(44-38(46)31-15-9-6-10-16-31)40(48)42-24-12-4-2-3-11-23-41-39(47)33(43-37(45)30-13-7-5-8-14-30)25-28-17-20-32(21-18-28)50-36(35)27-29/h5-10,13-22,25-27H,2-4,11-12,23-24H2,1H3,(H,41,47)(H,42,48)(H,43,45)(H,44,46)/b33-25-,34-26-. The molecule has 4 bridgehead atoms. The second kappa shape index (κ2) is 17.8. The lowest BCUT2D eigenvalue weighted by molar-refractivity contribution is -0.118. The van der Waals surface area contributed by atoms with Gasteiger partial charge in [-0.3, -0.25) is 19.2 Å². The Morgan fingerprint density at radius 1 is 0.620 bits per heavy atom. The van der Waals surface area contributed by atoms with Crippen LogP contribution in [0.5, 0.6) is 17.2 Å². The van der Waals surface area contributed by atoms with Crippen LogP contribution in [-0.2, 0) is 9.59 Å². The summed E-state index contributed by atoms with van der Waals surface area (Å²) in [7, 11) is 1.53. The summed E-state index contributed by atoms with van der Waals surface area (Å²) in [5.74, 6) is -0.272. The predicted molar refractivity (Wildman–Crippen MR) is 192 cm³/mol. The van der Waals surface area contributed by atoms with Crippen LogP contribution < -0.4 is 30.7 Å². The van der Waals surface area contributed by atoms with Gasteiger partial charge in [0.05, 0.1) is 7.11 Å². The van der Waals surface area contributed by atoms with Crippen LogP contribution in [0.1, 0.15) is 63.9 Å². The minimum Gasteiger partial charge on any atom is -0.493 e. The van der Waals surface area contributed by atoms with Crippen molar-refractivity contribution in [2.45, 2.75) is 32.1 Å². The number of hydrogen-bond donors (Lipinski definition) is 4. The molecule has 0 fully saturated rings. The van der Waals surface area contributed by atoms with Gasteiger partial charge >= 0.3 is 0 Å². The average molecular weight is 673 g/mol. The quantitative estimate of drug-likeness (QED) is 0.199. The number of methoxy groups -OCH3 is 1. The van der Waals surface area contributed by atoms with Crippen LogP contribution in [0.2, 0.25) is 0 Å². The molecule has 4 N–H and O–H groups in total. The summed E-state index contributed by atoms with van der Waals surface area (Å²) < 4.78 is 11.7. The molecule has 0 aromatic heterocycles. The number of ether oxygens (including phenoxy) is 2. The largest absolute Gasteiger partial charge is 0.493 e. The first-order valence-corrected chi connectivity index (χ1v) is 16.6. The number of carbonyl (C=O) groups excluding carboxylic acids is 4. The van der Waals surface area contributed by atoms with E-state index in [1.54, 1.807) is 103 Å². The number of hydrogen-bond acceptors (Lipinski definition) is 6. The Labute approximate surface area is 291 Å². The zero-order valence-electron chi connectivity index (χ0n) is 27.9. The lowest BCUT2D eigenvalue weighted by atomic mass is 10.1. The number of amides is 4. The fraction of sp³-hybridized carbons (Fsp3) is 0.200. The van der Waals surface area contributed by atoms with Crippen LogP contribution in [0.25, 0.3) is 12.2 Å². The maximum atomic E-state index is 13.3. The van der Waals surface area contributed by atoms with E-state index in [0.29, 0.717) is 52.6 Å². The topological polar surface area (TPSA) is 135 Å². The molecule has 0 atom stereocenters. The van der Waals surface area contributed by atoms with Crippen LogP contribution in [0.4, 0.5) is 0 Å². The van der Waals surface area contributed by atoms with Crippen molar-refractivity contribution in [1.82, 2.24) is 21.3 Å². The molecule has 0 saturated heterocycles. The highest BCUT2D eigenvalue weighted by Gasteiger charge is 2.17. The van der Waals surface area contributed by atoms with Crippen LogP contribution in [0, 0.1) is 0 Å². The number of fused-ring (bicyclic) bond motifs is 14. The van der Waals surface area contributed by atoms with E-state index in [-0.39, 0.29) is 23.2 Å². The highest BCUT2D eigenvalue weighted by Crippen LogP contribution is 2.33. The normalized spacial score (nSPS) is 16.6. The number of rotatable bonds is 5. The summed E-state index contributed by atoms with van der Waals surface area (Å²) in [4.78, 5) is 52.6. The monoisotopic (exact) mass is 672 g/mol. The molecule has 10 nitrogen and oxygen atoms in total. The molecular weight excluding hydrogens is 632 g/mol. The lowest BCUT2D eigenvalue weighted by Gasteiger charge is -2.14. The van der Waals surface area contributed by atoms with Gasteiger partial charge in [-0.25, -0.2) is 0 Å². The molecule has 0 unspecified atom stereocenters. The second-order valence-corrected chi connectivity index (χ2v) is 11.6. The van der Waals surface area contributed by atoms with Gasteiger partial charge in [0.2, 0.25) is 0 Å². The molecule has 0 radical (unpaired) electrons. The SMILES string of the molecule is COc1ccc2cc1Oc1ccc(cc1)/C=C(\NC(=O)c1ccccc1)C(=O)NCCCCCCCNC(=O)/C(NC(=O)c1ccccc1)=C/2. The molecule has 0 saturated carbocycles. The number of nitrogens with one attached hydrogen (secondary N) is 4. The number of benzene rings is 4. The van der Waals surface area contributed by atoms with Crippen LogP contribution in [0.3, 0.4) is 0 Å². The van der Waals surface area contributed by atoms with Crippen molar-refractivity contribution in [3.05, 3.63) is 137 Å². The number of carbonyl (C=O) groups is 4. The molecule has 4 aromatic rings. The van der Waals surface area contributed by atoms with Gasteiger partial charge in [0.15, 0.2) is 11.5 Å². The third-order valence-corrected chi connectivity index (χ3v) is 7.90. The van der Waals surface area contributed by atoms with Crippen molar-refractivity contribution in [1.29, 1.82) is 0 Å². The molecule has 2 aliphatic heterocycles. The summed E-state index contributed by atoms with van der Waals surface area (Å²) in [5, 5.41) is 11.4. The minimum absolute atomic E-state index is 0.0930. The first kappa shape index (κ1) is 35.2. The minimum atomic E-state index is -0.410. The van der Waals surface area contributed by atoms with Crippen molar-refractivity contribution in [2.24, 2.45) is 0 Å². The molecule has 0 spiro atoms. The second-order valence-electron chi connectivity index (χ2n) is 11.6. The van der Waals surface area contributed by atoms with E-state index in [4.69, 9.17) is 9.47 Å². The molecule has 10 heteroatoms. The maximum absolute atomic E-state index is 13.3. The highest BCUT2D eigenvalue weighted by molar-refractivity contribution is 6.06. The van der Waals surface area contributed by atoms with Gasteiger partial charge in [0.25, 0.3) is 23.6 Å². The van der Waals surface area contributed by atoms with E-state index in [9.17, 15) is 19.2 Å². The van der Waals surface area contributed by atoms with Gasteiger partial charge in [-0.15, -0.1) is 0 Å². The van der Waals surface area contributed by atoms with E-state index in [1.165, 1.54) is 7.11 Å². The predicted octanol–water partition coefficient (Wildman–Crippen LogP) is 6.23. The Morgan fingerprint density at radius 2 is 1.10 bits per heavy atom. The fourth-order valence-corrected chi connectivity index (χ4v) is 5.21. The van der Waals surface area contributed by atoms with E-state index in [2.05, 4.69) is 21.3 Å². The molecule has 4 aromatic carbocycles. The van der Waals surface area contributed by atoms with E-state index in [0.717, 1.165) is 32.1 Å². The first-order valence-electron chi connectivity index (χ1n) is 16.6. The Bertz CT molecular complexity index is 1850. The Hall–Kier alpha value is -6.16. The summed E-state index contributed by atoms with van der Waals surface area (Å²) in [6.45, 7) is 0.868. The van der Waals surface area contributed by atoms with Crippen molar-refractivity contribution in [3.8, 4) is 17.2 Å². The van der Waals surface area contributed by atoms with Crippen molar-refractivity contribution in [3.63, 3.8) is 0 Å². The van der Waals surface area contributed by atoms with Gasteiger partial charge in [-0.05, 0) is 84.7 Å². The summed E-state index contributed by atoms with van der Waals surface area (Å²) in [6.07, 6.45) is 7.38. The average Bonchev–Trinajstić information content (AvgIpc) is 3.14. The lowest BCUT2D eigenvalue weighted by Crippen LogP contribution is -2.35.